The molecular formula is C21H19NO3S. The van der Waals surface area contributed by atoms with E-state index in [0.29, 0.717) is 12.1 Å². The summed E-state index contributed by atoms with van der Waals surface area (Å²) in [6.45, 7) is 0.251. The van der Waals surface area contributed by atoms with E-state index >= 15 is 0 Å². The summed E-state index contributed by atoms with van der Waals surface area (Å²) in [5, 5.41) is 1.97. The summed E-state index contributed by atoms with van der Waals surface area (Å²) in [5.41, 5.74) is 2.53. The lowest BCUT2D eigenvalue weighted by Gasteiger charge is -2.16. The lowest BCUT2D eigenvalue weighted by atomic mass is 10.0. The molecule has 4 nitrogen and oxygen atoms in total. The molecule has 3 aromatic rings. The highest BCUT2D eigenvalue weighted by atomic mass is 32.1. The van der Waals surface area contributed by atoms with E-state index in [4.69, 9.17) is 4.74 Å². The predicted molar refractivity (Wildman–Crippen MR) is 103 cm³/mol. The number of likely N-dealkylation sites (N-methyl/N-ethyl adjacent to an activating group) is 1. The molecule has 2 aromatic carbocycles. The first-order valence-corrected chi connectivity index (χ1v) is 9.10. The molecule has 3 rings (SSSR count). The fraction of sp³-hybridized carbons (Fsp3) is 0.143. The number of amides is 1. The third-order valence-electron chi connectivity index (χ3n) is 3.95. The summed E-state index contributed by atoms with van der Waals surface area (Å²) < 4.78 is 5.15. The molecule has 0 saturated carbocycles. The van der Waals surface area contributed by atoms with Gasteiger partial charge in [-0.3, -0.25) is 4.79 Å². The zero-order chi connectivity index (χ0) is 18.4. The van der Waals surface area contributed by atoms with Gasteiger partial charge in [-0.2, -0.15) is 0 Å². The van der Waals surface area contributed by atoms with Crippen molar-refractivity contribution in [2.75, 3.05) is 13.7 Å². The number of nitrogens with zero attached hydrogens (tertiary/aromatic N) is 1. The van der Waals surface area contributed by atoms with Crippen LogP contribution in [-0.2, 0) is 16.1 Å². The molecule has 0 fully saturated rings. The van der Waals surface area contributed by atoms with Crippen molar-refractivity contribution in [3.63, 3.8) is 0 Å². The fourth-order valence-electron chi connectivity index (χ4n) is 2.47. The van der Waals surface area contributed by atoms with Crippen molar-refractivity contribution in [2.24, 2.45) is 0 Å². The quantitative estimate of drug-likeness (QED) is 0.614. The average molecular weight is 365 g/mol. The monoisotopic (exact) mass is 365 g/mol. The number of rotatable bonds is 6. The van der Waals surface area contributed by atoms with E-state index in [-0.39, 0.29) is 12.5 Å². The second-order valence-corrected chi connectivity index (χ2v) is 6.88. The van der Waals surface area contributed by atoms with Crippen LogP contribution in [-0.4, -0.2) is 30.4 Å². The van der Waals surface area contributed by atoms with Crippen molar-refractivity contribution in [1.82, 2.24) is 4.90 Å². The molecule has 0 saturated heterocycles. The molecule has 1 heterocycles. The Kier molecular flexibility index (Phi) is 5.81. The van der Waals surface area contributed by atoms with Gasteiger partial charge in [0.15, 0.2) is 6.61 Å². The zero-order valence-electron chi connectivity index (χ0n) is 14.4. The number of benzene rings is 2. The summed E-state index contributed by atoms with van der Waals surface area (Å²) in [4.78, 5) is 26.9. The summed E-state index contributed by atoms with van der Waals surface area (Å²) >= 11 is 1.59. The Morgan fingerprint density at radius 1 is 0.923 bits per heavy atom. The summed E-state index contributed by atoms with van der Waals surface area (Å²) in [6.07, 6.45) is 0. The van der Waals surface area contributed by atoms with Crippen LogP contribution in [0, 0.1) is 0 Å². The molecule has 132 valence electrons. The first-order chi connectivity index (χ1) is 12.6. The predicted octanol–water partition coefficient (Wildman–Crippen LogP) is 4.23. The minimum atomic E-state index is -0.498. The summed E-state index contributed by atoms with van der Waals surface area (Å²) in [7, 11) is 1.70. The van der Waals surface area contributed by atoms with Crippen LogP contribution in [0.2, 0.25) is 0 Å². The Morgan fingerprint density at radius 2 is 1.62 bits per heavy atom. The number of ether oxygens (including phenoxy) is 1. The maximum absolute atomic E-state index is 12.1. The van der Waals surface area contributed by atoms with Gasteiger partial charge in [-0.05, 0) is 34.7 Å². The molecular weight excluding hydrogens is 346 g/mol. The molecule has 0 N–H and O–H groups in total. The van der Waals surface area contributed by atoms with E-state index in [2.05, 4.69) is 0 Å². The van der Waals surface area contributed by atoms with E-state index in [9.17, 15) is 9.59 Å². The molecule has 26 heavy (non-hydrogen) atoms. The number of carbonyl (C=O) groups excluding carboxylic acids is 2. The van der Waals surface area contributed by atoms with Gasteiger partial charge in [-0.15, -0.1) is 11.3 Å². The highest BCUT2D eigenvalue weighted by Crippen LogP contribution is 2.19. The molecule has 0 spiro atoms. The fourth-order valence-corrected chi connectivity index (χ4v) is 3.23. The number of esters is 1. The lowest BCUT2D eigenvalue weighted by molar-refractivity contribution is -0.133. The average Bonchev–Trinajstić information content (AvgIpc) is 3.19. The van der Waals surface area contributed by atoms with E-state index in [0.717, 1.165) is 16.0 Å². The van der Waals surface area contributed by atoms with Gasteiger partial charge in [-0.25, -0.2) is 4.79 Å². The van der Waals surface area contributed by atoms with Gasteiger partial charge in [0.2, 0.25) is 0 Å². The van der Waals surface area contributed by atoms with Crippen molar-refractivity contribution in [1.29, 1.82) is 0 Å². The van der Waals surface area contributed by atoms with Crippen LogP contribution in [0.15, 0.2) is 72.1 Å². The van der Waals surface area contributed by atoms with Gasteiger partial charge in [0.25, 0.3) is 5.91 Å². The zero-order valence-corrected chi connectivity index (χ0v) is 15.2. The van der Waals surface area contributed by atoms with Crippen LogP contribution in [0.5, 0.6) is 0 Å². The second-order valence-electron chi connectivity index (χ2n) is 5.85. The van der Waals surface area contributed by atoms with E-state index in [1.807, 2.05) is 60.0 Å². The van der Waals surface area contributed by atoms with Gasteiger partial charge in [0.05, 0.1) is 12.1 Å². The van der Waals surface area contributed by atoms with Crippen LogP contribution < -0.4 is 0 Å². The van der Waals surface area contributed by atoms with Crippen molar-refractivity contribution in [2.45, 2.75) is 6.54 Å². The molecule has 0 aliphatic rings. The van der Waals surface area contributed by atoms with Crippen LogP contribution in [0.4, 0.5) is 0 Å². The van der Waals surface area contributed by atoms with Gasteiger partial charge in [-0.1, -0.05) is 48.5 Å². The van der Waals surface area contributed by atoms with Gasteiger partial charge in [0, 0.05) is 11.9 Å². The molecule has 1 amide bonds. The molecule has 5 heteroatoms. The summed E-state index contributed by atoms with van der Waals surface area (Å²) in [5.74, 6) is -0.727. The van der Waals surface area contributed by atoms with Crippen LogP contribution in [0.3, 0.4) is 0 Å². The van der Waals surface area contributed by atoms with Crippen molar-refractivity contribution in [3.05, 3.63) is 82.6 Å². The van der Waals surface area contributed by atoms with E-state index in [1.165, 1.54) is 0 Å². The van der Waals surface area contributed by atoms with Crippen LogP contribution in [0.1, 0.15) is 15.2 Å². The van der Waals surface area contributed by atoms with E-state index in [1.54, 1.807) is 35.4 Å². The Morgan fingerprint density at radius 3 is 2.27 bits per heavy atom. The lowest BCUT2D eigenvalue weighted by Crippen LogP contribution is -2.30. The van der Waals surface area contributed by atoms with E-state index < -0.39 is 5.97 Å². The molecule has 0 aliphatic heterocycles. The maximum atomic E-state index is 12.1. The topological polar surface area (TPSA) is 46.6 Å². The normalized spacial score (nSPS) is 10.3. The third kappa shape index (κ3) is 4.58. The minimum Gasteiger partial charge on any atom is -0.452 e. The smallest absolute Gasteiger partial charge is 0.338 e. The SMILES string of the molecule is CN(Cc1cccs1)C(=O)COC(=O)c1ccc(-c2ccccc2)cc1. The maximum Gasteiger partial charge on any atom is 0.338 e. The molecule has 0 bridgehead atoms. The van der Waals surface area contributed by atoms with Crippen LogP contribution in [0.25, 0.3) is 11.1 Å². The van der Waals surface area contributed by atoms with Crippen molar-refractivity contribution < 1.29 is 14.3 Å². The number of hydrogen-bond acceptors (Lipinski definition) is 4. The first-order valence-electron chi connectivity index (χ1n) is 8.22. The van der Waals surface area contributed by atoms with Crippen molar-refractivity contribution in [3.8, 4) is 11.1 Å². The first kappa shape index (κ1) is 17.9. The highest BCUT2D eigenvalue weighted by molar-refractivity contribution is 7.09. The van der Waals surface area contributed by atoms with Crippen LogP contribution >= 0.6 is 11.3 Å². The standard InChI is InChI=1S/C21H19NO3S/c1-22(14-19-8-5-13-26-19)20(23)15-25-21(24)18-11-9-17(10-12-18)16-6-3-2-4-7-16/h2-13H,14-15H2,1H3. The summed E-state index contributed by atoms with van der Waals surface area (Å²) in [6, 6.07) is 21.0. The highest BCUT2D eigenvalue weighted by Gasteiger charge is 2.14. The second kappa shape index (κ2) is 8.45. The Hall–Kier alpha value is -2.92. The van der Waals surface area contributed by atoms with Gasteiger partial charge in [0.1, 0.15) is 0 Å². The van der Waals surface area contributed by atoms with Gasteiger partial charge >= 0.3 is 5.97 Å². The Labute approximate surface area is 156 Å². The third-order valence-corrected chi connectivity index (χ3v) is 4.81. The minimum absolute atomic E-state index is 0.229. The number of carbonyl (C=O) groups is 2. The molecule has 1 aromatic heterocycles. The molecule has 0 aliphatic carbocycles. The largest absolute Gasteiger partial charge is 0.452 e. The number of thiophene rings is 1. The van der Waals surface area contributed by atoms with Gasteiger partial charge < -0.3 is 9.64 Å². The van der Waals surface area contributed by atoms with Crippen molar-refractivity contribution >= 4 is 23.2 Å². The molecule has 0 unspecified atom stereocenters. The Balaban J connectivity index is 1.54. The number of hydrogen-bond donors (Lipinski definition) is 0. The molecule has 0 atom stereocenters. The molecule has 0 radical (unpaired) electrons. The Bertz CT molecular complexity index is 858.